The molecule has 0 bridgehead atoms. The van der Waals surface area contributed by atoms with E-state index in [1.54, 1.807) is 30.3 Å². The molecule has 1 heterocycles. The number of hydrogen-bond acceptors (Lipinski definition) is 7. The van der Waals surface area contributed by atoms with Crippen molar-refractivity contribution in [2.75, 3.05) is 42.3 Å². The van der Waals surface area contributed by atoms with E-state index >= 15 is 0 Å². The van der Waals surface area contributed by atoms with Crippen LogP contribution in [0.3, 0.4) is 0 Å². The van der Waals surface area contributed by atoms with Crippen LogP contribution in [-0.2, 0) is 11.2 Å². The number of nitrogens with one attached hydrogen (secondary N) is 3. The Morgan fingerprint density at radius 3 is 2.38 bits per heavy atom. The van der Waals surface area contributed by atoms with E-state index in [1.807, 2.05) is 38.1 Å². The van der Waals surface area contributed by atoms with E-state index in [4.69, 9.17) is 9.47 Å². The van der Waals surface area contributed by atoms with Gasteiger partial charge in [0.25, 0.3) is 0 Å². The molecule has 42 heavy (non-hydrogen) atoms. The average molecular weight is 575 g/mol. The Kier molecular flexibility index (Phi) is 10.4. The lowest BCUT2D eigenvalue weighted by Crippen LogP contribution is -2.37. The Bertz CT molecular complexity index is 1420. The molecule has 4 rings (SSSR count). The molecule has 1 atom stereocenters. The third-order valence-corrected chi connectivity index (χ3v) is 7.10. The fourth-order valence-electron chi connectivity index (χ4n) is 4.85. The predicted molar refractivity (Wildman–Crippen MR) is 163 cm³/mol. The molecule has 0 aromatic heterocycles. The number of carbonyl (C=O) groups excluding carboxylic acids is 2. The number of carbonyl (C=O) groups is 3. The number of rotatable bonds is 12. The number of methoxy groups -OCH3 is 1. The number of nitrogens with zero attached hydrogens (tertiary/aromatic N) is 1. The molecule has 10 heteroatoms. The topological polar surface area (TPSA) is 129 Å². The lowest BCUT2D eigenvalue weighted by atomic mass is 10.1. The van der Waals surface area contributed by atoms with E-state index in [0.29, 0.717) is 22.9 Å². The molecule has 1 aliphatic heterocycles. The van der Waals surface area contributed by atoms with E-state index in [-0.39, 0.29) is 24.3 Å². The minimum absolute atomic E-state index is 0.0528. The Labute approximate surface area is 246 Å². The average Bonchev–Trinajstić information content (AvgIpc) is 2.98. The van der Waals surface area contributed by atoms with Gasteiger partial charge in [-0.25, -0.2) is 9.59 Å². The molecular weight excluding hydrogens is 536 g/mol. The highest BCUT2D eigenvalue weighted by molar-refractivity contribution is 6.01. The third kappa shape index (κ3) is 8.23. The van der Waals surface area contributed by atoms with Gasteiger partial charge in [0.05, 0.1) is 30.6 Å². The fraction of sp³-hybridized carbons (Fsp3) is 0.344. The van der Waals surface area contributed by atoms with Gasteiger partial charge in [0, 0.05) is 25.2 Å². The lowest BCUT2D eigenvalue weighted by molar-refractivity contribution is -0.118. The summed E-state index contributed by atoms with van der Waals surface area (Å²) in [5.41, 5.74) is 3.85. The predicted octanol–water partition coefficient (Wildman–Crippen LogP) is 5.46. The van der Waals surface area contributed by atoms with Crippen molar-refractivity contribution in [1.82, 2.24) is 5.32 Å². The zero-order valence-electron chi connectivity index (χ0n) is 24.2. The van der Waals surface area contributed by atoms with E-state index in [0.717, 1.165) is 49.2 Å². The van der Waals surface area contributed by atoms with E-state index < -0.39 is 18.2 Å². The highest BCUT2D eigenvalue weighted by Gasteiger charge is 2.20. The van der Waals surface area contributed by atoms with Gasteiger partial charge in [0.1, 0.15) is 17.7 Å². The second kappa shape index (κ2) is 14.4. The van der Waals surface area contributed by atoms with Crippen LogP contribution in [-0.4, -0.2) is 55.9 Å². The summed E-state index contributed by atoms with van der Waals surface area (Å²) >= 11 is 0. The molecule has 222 valence electrons. The molecule has 3 aromatic rings. The summed E-state index contributed by atoms with van der Waals surface area (Å²) in [5.74, 6) is -0.0147. The van der Waals surface area contributed by atoms with Crippen molar-refractivity contribution in [3.05, 3.63) is 77.4 Å². The van der Waals surface area contributed by atoms with Crippen LogP contribution in [0, 0.1) is 6.92 Å². The van der Waals surface area contributed by atoms with Crippen LogP contribution in [0.5, 0.6) is 11.5 Å². The number of anilines is 3. The number of Topliss-reactive ketones (excluding diaryl/α,β-unsaturated/α-hetero) is 1. The van der Waals surface area contributed by atoms with Crippen molar-refractivity contribution in [2.45, 2.75) is 45.8 Å². The molecular formula is C32H38N4O6. The molecule has 1 unspecified atom stereocenters. The summed E-state index contributed by atoms with van der Waals surface area (Å²) in [6.45, 7) is 5.48. The number of benzene rings is 3. The summed E-state index contributed by atoms with van der Waals surface area (Å²) < 4.78 is 11.6. The van der Waals surface area contributed by atoms with Crippen molar-refractivity contribution in [3.8, 4) is 11.5 Å². The number of carboxylic acids is 1. The second-order valence-corrected chi connectivity index (χ2v) is 10.3. The Balaban J connectivity index is 1.32. The number of ketones is 1. The first-order valence-corrected chi connectivity index (χ1v) is 14.1. The molecule has 4 N–H and O–H groups in total. The lowest BCUT2D eigenvalue weighted by Gasteiger charge is -2.31. The molecule has 0 radical (unpaired) electrons. The quantitative estimate of drug-likeness (QED) is 0.210. The van der Waals surface area contributed by atoms with Crippen LogP contribution in [0.4, 0.5) is 21.9 Å². The molecule has 0 aliphatic carbocycles. The maximum atomic E-state index is 12.8. The SMILES string of the molecule is COc1cc(CC(=O)CNC(C)Oc2ccc(C(=O)O)cc2N2CCCCC2)ccc1NC(=O)Nc1ccccc1C. The molecule has 2 amide bonds. The van der Waals surface area contributed by atoms with E-state index in [1.165, 1.54) is 13.2 Å². The minimum atomic E-state index is -0.984. The number of amides is 2. The van der Waals surface area contributed by atoms with Crippen LogP contribution in [0.25, 0.3) is 0 Å². The number of aryl methyl sites for hydroxylation is 1. The van der Waals surface area contributed by atoms with E-state index in [9.17, 15) is 19.5 Å². The standard InChI is InChI=1S/C32H38N4O6/c1-21-9-5-6-10-26(21)34-32(40)35-27-13-11-23(18-30(27)41-3)17-25(37)20-33-22(2)42-29-14-12-24(31(38)39)19-28(29)36-15-7-4-8-16-36/h5-6,9-14,18-19,22,33H,4,7-8,15-17,20H2,1-3H3,(H,38,39)(H2,34,35,40). The minimum Gasteiger partial charge on any atom is -0.495 e. The summed E-state index contributed by atoms with van der Waals surface area (Å²) in [4.78, 5) is 39.0. The van der Waals surface area contributed by atoms with Crippen molar-refractivity contribution >= 4 is 34.8 Å². The number of aromatic carboxylic acids is 1. The van der Waals surface area contributed by atoms with Crippen LogP contribution in [0.2, 0.25) is 0 Å². The van der Waals surface area contributed by atoms with Gasteiger partial charge in [-0.2, -0.15) is 0 Å². The van der Waals surface area contributed by atoms with Crippen LogP contribution >= 0.6 is 0 Å². The number of piperidine rings is 1. The molecule has 0 spiro atoms. The van der Waals surface area contributed by atoms with Gasteiger partial charge in [0.15, 0.2) is 5.78 Å². The van der Waals surface area contributed by atoms with Crippen LogP contribution < -0.4 is 30.3 Å². The first kappa shape index (κ1) is 30.4. The van der Waals surface area contributed by atoms with Gasteiger partial charge in [-0.05, 0) is 80.6 Å². The van der Waals surface area contributed by atoms with Gasteiger partial charge in [-0.3, -0.25) is 10.1 Å². The zero-order chi connectivity index (χ0) is 30.1. The first-order chi connectivity index (χ1) is 20.2. The van der Waals surface area contributed by atoms with Gasteiger partial charge >= 0.3 is 12.0 Å². The number of carboxylic acid groups (broad SMARTS) is 1. The zero-order valence-corrected chi connectivity index (χ0v) is 24.2. The fourth-order valence-corrected chi connectivity index (χ4v) is 4.85. The molecule has 0 saturated carbocycles. The number of ether oxygens (including phenoxy) is 2. The normalized spacial score (nSPS) is 13.6. The first-order valence-electron chi connectivity index (χ1n) is 14.1. The summed E-state index contributed by atoms with van der Waals surface area (Å²) in [5, 5.41) is 18.2. The van der Waals surface area contributed by atoms with Crippen molar-refractivity contribution in [1.29, 1.82) is 0 Å². The Morgan fingerprint density at radius 1 is 0.929 bits per heavy atom. The molecule has 1 saturated heterocycles. The number of para-hydroxylation sites is 1. The molecule has 1 fully saturated rings. The van der Waals surface area contributed by atoms with Crippen molar-refractivity contribution < 1.29 is 29.0 Å². The van der Waals surface area contributed by atoms with Crippen molar-refractivity contribution in [2.24, 2.45) is 0 Å². The smallest absolute Gasteiger partial charge is 0.335 e. The maximum absolute atomic E-state index is 12.8. The highest BCUT2D eigenvalue weighted by atomic mass is 16.5. The third-order valence-electron chi connectivity index (χ3n) is 7.10. The van der Waals surface area contributed by atoms with Crippen LogP contribution in [0.1, 0.15) is 47.7 Å². The largest absolute Gasteiger partial charge is 0.495 e. The molecule has 1 aliphatic rings. The summed E-state index contributed by atoms with van der Waals surface area (Å²) in [6, 6.07) is 17.2. The second-order valence-electron chi connectivity index (χ2n) is 10.3. The van der Waals surface area contributed by atoms with Gasteiger partial charge in [-0.1, -0.05) is 24.3 Å². The summed E-state index contributed by atoms with van der Waals surface area (Å²) in [7, 11) is 1.51. The summed E-state index contributed by atoms with van der Waals surface area (Å²) in [6.07, 6.45) is 2.92. The van der Waals surface area contributed by atoms with Gasteiger partial charge in [0.2, 0.25) is 0 Å². The number of hydrogen-bond donors (Lipinski definition) is 4. The van der Waals surface area contributed by atoms with Crippen LogP contribution in [0.15, 0.2) is 60.7 Å². The Morgan fingerprint density at radius 2 is 1.67 bits per heavy atom. The van der Waals surface area contributed by atoms with E-state index in [2.05, 4.69) is 20.9 Å². The maximum Gasteiger partial charge on any atom is 0.335 e. The van der Waals surface area contributed by atoms with Crippen molar-refractivity contribution in [3.63, 3.8) is 0 Å². The number of urea groups is 1. The van der Waals surface area contributed by atoms with Gasteiger partial charge in [-0.15, -0.1) is 0 Å². The molecule has 3 aromatic carbocycles. The van der Waals surface area contributed by atoms with Gasteiger partial charge < -0.3 is 30.1 Å². The Hall–Kier alpha value is -4.57. The highest BCUT2D eigenvalue weighted by Crippen LogP contribution is 2.32. The molecule has 10 nitrogen and oxygen atoms in total. The monoisotopic (exact) mass is 574 g/mol.